The monoisotopic (exact) mass is 240 g/mol. The molecule has 102 valence electrons. The lowest BCUT2D eigenvalue weighted by Gasteiger charge is -2.36. The third kappa shape index (κ3) is 5.90. The fourth-order valence-electron chi connectivity index (χ4n) is 3.22. The van der Waals surface area contributed by atoms with Crippen molar-refractivity contribution in [1.82, 2.24) is 0 Å². The van der Waals surface area contributed by atoms with Crippen LogP contribution in [0.3, 0.4) is 0 Å². The van der Waals surface area contributed by atoms with Gasteiger partial charge in [-0.1, -0.05) is 58.8 Å². The maximum Gasteiger partial charge on any atom is 0.0648 e. The Hall–Kier alpha value is -0.0400. The van der Waals surface area contributed by atoms with E-state index in [9.17, 15) is 5.11 Å². The number of aliphatic hydroxyl groups is 1. The maximum atomic E-state index is 10.5. The first-order valence-corrected chi connectivity index (χ1v) is 7.92. The topological polar surface area (TPSA) is 20.2 Å². The molecule has 0 amide bonds. The zero-order valence-electron chi connectivity index (χ0n) is 12.0. The number of rotatable bonds is 8. The van der Waals surface area contributed by atoms with E-state index in [0.717, 1.165) is 25.2 Å². The molecule has 17 heavy (non-hydrogen) atoms. The lowest BCUT2D eigenvalue weighted by Crippen LogP contribution is -2.33. The Bertz CT molecular complexity index is 180. The highest BCUT2D eigenvalue weighted by Gasteiger charge is 2.31. The van der Waals surface area contributed by atoms with Gasteiger partial charge in [0.1, 0.15) is 0 Å². The largest absolute Gasteiger partial charge is 0.390 e. The predicted molar refractivity (Wildman–Crippen MR) is 75.2 cm³/mol. The highest BCUT2D eigenvalue weighted by molar-refractivity contribution is 4.85. The summed E-state index contributed by atoms with van der Waals surface area (Å²) in [5.74, 6) is 0.903. The van der Waals surface area contributed by atoms with Gasteiger partial charge in [-0.05, 0) is 38.0 Å². The van der Waals surface area contributed by atoms with Crippen LogP contribution in [0.2, 0.25) is 0 Å². The van der Waals surface area contributed by atoms with Gasteiger partial charge in [0.05, 0.1) is 5.60 Å². The molecule has 0 radical (unpaired) electrons. The van der Waals surface area contributed by atoms with E-state index in [1.807, 2.05) is 0 Å². The first-order chi connectivity index (χ1) is 8.20. The van der Waals surface area contributed by atoms with Gasteiger partial charge in [0, 0.05) is 0 Å². The van der Waals surface area contributed by atoms with E-state index < -0.39 is 0 Å². The van der Waals surface area contributed by atoms with Crippen molar-refractivity contribution in [2.45, 2.75) is 96.5 Å². The van der Waals surface area contributed by atoms with Crippen LogP contribution in [0.25, 0.3) is 0 Å². The quantitative estimate of drug-likeness (QED) is 0.587. The van der Waals surface area contributed by atoms with E-state index in [2.05, 4.69) is 13.8 Å². The molecule has 0 bridgehead atoms. The summed E-state index contributed by atoms with van der Waals surface area (Å²) in [5, 5.41) is 10.5. The van der Waals surface area contributed by atoms with Crippen LogP contribution in [-0.2, 0) is 0 Å². The first kappa shape index (κ1) is 15.0. The summed E-state index contributed by atoms with van der Waals surface area (Å²) in [6.07, 6.45) is 14.9. The van der Waals surface area contributed by atoms with Crippen LogP contribution in [0, 0.1) is 5.92 Å². The van der Waals surface area contributed by atoms with E-state index in [1.165, 1.54) is 57.8 Å². The average molecular weight is 240 g/mol. The summed E-state index contributed by atoms with van der Waals surface area (Å²) in [6.45, 7) is 4.52. The number of unbranched alkanes of at least 4 members (excludes halogenated alkanes) is 4. The smallest absolute Gasteiger partial charge is 0.0648 e. The van der Waals surface area contributed by atoms with Gasteiger partial charge in [-0.2, -0.15) is 0 Å². The molecule has 0 aromatic carbocycles. The molecule has 0 aromatic rings. The van der Waals surface area contributed by atoms with E-state index >= 15 is 0 Å². The minimum absolute atomic E-state index is 0.295. The van der Waals surface area contributed by atoms with Crippen molar-refractivity contribution in [3.63, 3.8) is 0 Å². The zero-order valence-corrected chi connectivity index (χ0v) is 12.0. The van der Waals surface area contributed by atoms with Crippen molar-refractivity contribution < 1.29 is 5.11 Å². The van der Waals surface area contributed by atoms with Crippen LogP contribution in [0.15, 0.2) is 0 Å². The zero-order chi connectivity index (χ0) is 12.6. The SMILES string of the molecule is CCCCCCCC1(O)CCC(CCC)CC1. The number of hydrogen-bond donors (Lipinski definition) is 1. The fraction of sp³-hybridized carbons (Fsp3) is 1.00. The fourth-order valence-corrected chi connectivity index (χ4v) is 3.22. The van der Waals surface area contributed by atoms with Gasteiger partial charge < -0.3 is 5.11 Å². The third-order valence-corrected chi connectivity index (χ3v) is 4.48. The minimum Gasteiger partial charge on any atom is -0.390 e. The molecule has 0 heterocycles. The minimum atomic E-state index is -0.295. The summed E-state index contributed by atoms with van der Waals surface area (Å²) in [4.78, 5) is 0. The molecule has 1 nitrogen and oxygen atoms in total. The molecule has 1 rings (SSSR count). The van der Waals surface area contributed by atoms with Gasteiger partial charge in [0.25, 0.3) is 0 Å². The van der Waals surface area contributed by atoms with E-state index in [4.69, 9.17) is 0 Å². The molecular formula is C16H32O. The van der Waals surface area contributed by atoms with Crippen molar-refractivity contribution in [1.29, 1.82) is 0 Å². The molecule has 1 N–H and O–H groups in total. The standard InChI is InChI=1S/C16H32O/c1-3-5-6-7-8-12-16(17)13-10-15(9-4-2)11-14-16/h15,17H,3-14H2,1-2H3. The molecule has 0 atom stereocenters. The lowest BCUT2D eigenvalue weighted by molar-refractivity contribution is -0.0194. The summed E-state index contributed by atoms with van der Waals surface area (Å²) in [6, 6.07) is 0. The van der Waals surface area contributed by atoms with E-state index in [-0.39, 0.29) is 5.60 Å². The Morgan fingerprint density at radius 3 is 2.18 bits per heavy atom. The van der Waals surface area contributed by atoms with Crippen LogP contribution < -0.4 is 0 Å². The molecule has 0 aliphatic heterocycles. The van der Waals surface area contributed by atoms with Crippen LogP contribution >= 0.6 is 0 Å². The second kappa shape index (κ2) is 8.13. The van der Waals surface area contributed by atoms with E-state index in [0.29, 0.717) is 0 Å². The van der Waals surface area contributed by atoms with Crippen molar-refractivity contribution >= 4 is 0 Å². The van der Waals surface area contributed by atoms with Gasteiger partial charge in [-0.3, -0.25) is 0 Å². The number of hydrogen-bond acceptors (Lipinski definition) is 1. The Kier molecular flexibility index (Phi) is 7.18. The second-order valence-corrected chi connectivity index (χ2v) is 6.12. The molecule has 0 saturated heterocycles. The lowest BCUT2D eigenvalue weighted by atomic mass is 9.75. The van der Waals surface area contributed by atoms with Crippen molar-refractivity contribution in [3.8, 4) is 0 Å². The molecule has 0 aromatic heterocycles. The first-order valence-electron chi connectivity index (χ1n) is 7.92. The summed E-state index contributed by atoms with van der Waals surface area (Å²) in [5.41, 5.74) is -0.295. The van der Waals surface area contributed by atoms with Crippen LogP contribution in [0.5, 0.6) is 0 Å². The van der Waals surface area contributed by atoms with Gasteiger partial charge >= 0.3 is 0 Å². The average Bonchev–Trinajstić information content (AvgIpc) is 2.33. The van der Waals surface area contributed by atoms with Crippen LogP contribution in [0.4, 0.5) is 0 Å². The van der Waals surface area contributed by atoms with Gasteiger partial charge in [0.15, 0.2) is 0 Å². The molecule has 1 saturated carbocycles. The highest BCUT2D eigenvalue weighted by Crippen LogP contribution is 2.37. The molecule has 0 unspecified atom stereocenters. The van der Waals surface area contributed by atoms with Crippen molar-refractivity contribution in [3.05, 3.63) is 0 Å². The summed E-state index contributed by atoms with van der Waals surface area (Å²) in [7, 11) is 0. The van der Waals surface area contributed by atoms with Gasteiger partial charge in [0.2, 0.25) is 0 Å². The molecule has 0 spiro atoms. The summed E-state index contributed by atoms with van der Waals surface area (Å²) >= 11 is 0. The van der Waals surface area contributed by atoms with Crippen molar-refractivity contribution in [2.24, 2.45) is 5.92 Å². The molecule has 1 aliphatic rings. The molecule has 1 heteroatoms. The highest BCUT2D eigenvalue weighted by atomic mass is 16.3. The van der Waals surface area contributed by atoms with Gasteiger partial charge in [-0.25, -0.2) is 0 Å². The summed E-state index contributed by atoms with van der Waals surface area (Å²) < 4.78 is 0. The third-order valence-electron chi connectivity index (χ3n) is 4.48. The molecular weight excluding hydrogens is 208 g/mol. The second-order valence-electron chi connectivity index (χ2n) is 6.12. The van der Waals surface area contributed by atoms with E-state index in [1.54, 1.807) is 0 Å². The normalized spacial score (nSPS) is 29.5. The molecule has 1 fully saturated rings. The Morgan fingerprint density at radius 1 is 0.941 bits per heavy atom. The Morgan fingerprint density at radius 2 is 1.59 bits per heavy atom. The maximum absolute atomic E-state index is 10.5. The Labute approximate surface area is 108 Å². The van der Waals surface area contributed by atoms with Crippen LogP contribution in [-0.4, -0.2) is 10.7 Å². The molecule has 1 aliphatic carbocycles. The van der Waals surface area contributed by atoms with Crippen molar-refractivity contribution in [2.75, 3.05) is 0 Å². The predicted octanol–water partition coefficient (Wildman–Crippen LogP) is 5.07. The Balaban J connectivity index is 2.11. The van der Waals surface area contributed by atoms with Crippen LogP contribution in [0.1, 0.15) is 90.9 Å². The van der Waals surface area contributed by atoms with Gasteiger partial charge in [-0.15, -0.1) is 0 Å².